The average molecular weight is 394 g/mol. The van der Waals surface area contributed by atoms with Gasteiger partial charge in [-0.1, -0.05) is 39.3 Å². The largest absolute Gasteiger partial charge is 0.260 e. The minimum atomic E-state index is -2.23. The summed E-state index contributed by atoms with van der Waals surface area (Å²) in [6.07, 6.45) is 0. The summed E-state index contributed by atoms with van der Waals surface area (Å²) in [5.74, 6) is 0. The van der Waals surface area contributed by atoms with E-state index in [0.717, 1.165) is 0 Å². The Bertz CT molecular complexity index is 268. The monoisotopic (exact) mass is 392 g/mol. The maximum absolute atomic E-state index is 7.23. The Morgan fingerprint density at radius 1 is 0.632 bits per heavy atom. The Kier molecular flexibility index (Phi) is 7.89. The third-order valence-electron chi connectivity index (χ3n) is 3.40. The summed E-state index contributed by atoms with van der Waals surface area (Å²) in [5.41, 5.74) is 0. The third kappa shape index (κ3) is 5.66. The molecule has 0 spiro atoms. The molecule has 0 aromatic heterocycles. The van der Waals surface area contributed by atoms with Crippen LogP contribution in [-0.4, -0.2) is 59.3 Å². The van der Waals surface area contributed by atoms with E-state index in [1.54, 1.807) is 0 Å². The molecule has 0 saturated heterocycles. The van der Waals surface area contributed by atoms with Gasteiger partial charge < -0.3 is 0 Å². The SMILES string of the molecule is CP(C)C([Si](C)(C)C)[Si](Cl)(Cl)C(P(C)C)[Si](C)(C)C. The highest BCUT2D eigenvalue weighted by molar-refractivity contribution is 7.77. The summed E-state index contributed by atoms with van der Waals surface area (Å²) in [6, 6.07) is 0. The molecular weight excluding hydrogens is 361 g/mol. The highest BCUT2D eigenvalue weighted by atomic mass is 35.7. The van der Waals surface area contributed by atoms with Crippen molar-refractivity contribution in [2.45, 2.75) is 49.1 Å². The Labute approximate surface area is 136 Å². The molecule has 0 aromatic carbocycles. The van der Waals surface area contributed by atoms with Crippen molar-refractivity contribution in [3.05, 3.63) is 0 Å². The van der Waals surface area contributed by atoms with Gasteiger partial charge in [-0.15, -0.1) is 38.0 Å². The Hall–Kier alpha value is 2.09. The summed E-state index contributed by atoms with van der Waals surface area (Å²) >= 11 is 14.5. The summed E-state index contributed by atoms with van der Waals surface area (Å²) in [4.78, 5) is 1.31. The lowest BCUT2D eigenvalue weighted by atomic mass is 11.7. The lowest BCUT2D eigenvalue weighted by molar-refractivity contribution is 1.44. The van der Waals surface area contributed by atoms with Gasteiger partial charge in [0.1, 0.15) is 0 Å². The van der Waals surface area contributed by atoms with Crippen LogP contribution in [-0.2, 0) is 0 Å². The molecular formula is C12H32Cl2P2Si3. The van der Waals surface area contributed by atoms with Crippen LogP contribution < -0.4 is 0 Å². The summed E-state index contributed by atoms with van der Waals surface area (Å²) in [5, 5.41) is 0. The second kappa shape index (κ2) is 7.11. The van der Waals surface area contributed by atoms with Crippen molar-refractivity contribution in [2.75, 3.05) is 26.7 Å². The van der Waals surface area contributed by atoms with Gasteiger partial charge in [0.15, 0.2) is 0 Å². The molecule has 0 aliphatic carbocycles. The number of hydrogen-bond acceptors (Lipinski definition) is 0. The van der Waals surface area contributed by atoms with Crippen LogP contribution in [0.15, 0.2) is 0 Å². The predicted molar refractivity (Wildman–Crippen MR) is 109 cm³/mol. The Morgan fingerprint density at radius 3 is 0.947 bits per heavy atom. The molecule has 0 fully saturated rings. The highest BCUT2D eigenvalue weighted by Crippen LogP contribution is 2.55. The van der Waals surface area contributed by atoms with E-state index in [1.165, 1.54) is 0 Å². The molecule has 116 valence electrons. The van der Waals surface area contributed by atoms with Crippen molar-refractivity contribution in [3.8, 4) is 0 Å². The standard InChI is InChI=1S/C12H32Cl2P2Si3/c1-15(2)11(17(5,6)7)19(13,14)12(16(3)4)18(8,9)10/h11-12H,1-10H3. The van der Waals surface area contributed by atoms with Crippen LogP contribution in [0.1, 0.15) is 0 Å². The number of hydrogen-bond donors (Lipinski definition) is 0. The summed E-state index contributed by atoms with van der Waals surface area (Å²) in [7, 11) is -2.73. The van der Waals surface area contributed by atoms with E-state index in [2.05, 4.69) is 65.9 Å². The van der Waals surface area contributed by atoms with Crippen molar-refractivity contribution in [1.82, 2.24) is 0 Å². The van der Waals surface area contributed by atoms with Crippen LogP contribution in [0.25, 0.3) is 0 Å². The molecule has 0 saturated carbocycles. The van der Waals surface area contributed by atoms with Crippen LogP contribution in [0.5, 0.6) is 0 Å². The van der Waals surface area contributed by atoms with E-state index in [1.807, 2.05) is 0 Å². The normalized spacial score (nSPS) is 18.0. The van der Waals surface area contributed by atoms with Crippen molar-refractivity contribution in [3.63, 3.8) is 0 Å². The number of rotatable bonds is 6. The van der Waals surface area contributed by atoms with Crippen molar-refractivity contribution >= 4 is 60.8 Å². The van der Waals surface area contributed by atoms with E-state index in [9.17, 15) is 0 Å². The third-order valence-corrected chi connectivity index (χ3v) is 38.1. The molecule has 0 aliphatic rings. The maximum atomic E-state index is 7.23. The van der Waals surface area contributed by atoms with E-state index >= 15 is 0 Å². The van der Waals surface area contributed by atoms with E-state index in [0.29, 0.717) is 9.81 Å². The molecule has 2 unspecified atom stereocenters. The smallest absolute Gasteiger partial charge is 0.145 e. The zero-order valence-corrected chi connectivity index (χ0v) is 20.6. The van der Waals surface area contributed by atoms with E-state index in [4.69, 9.17) is 22.2 Å². The van der Waals surface area contributed by atoms with Gasteiger partial charge in [0.25, 0.3) is 6.69 Å². The van der Waals surface area contributed by atoms with Gasteiger partial charge in [-0.25, -0.2) is 0 Å². The van der Waals surface area contributed by atoms with Crippen molar-refractivity contribution in [2.24, 2.45) is 0 Å². The van der Waals surface area contributed by atoms with Gasteiger partial charge in [-0.2, -0.15) is 0 Å². The predicted octanol–water partition coefficient (Wildman–Crippen LogP) is 5.96. The lowest BCUT2D eigenvalue weighted by Crippen LogP contribution is -2.63. The zero-order valence-electron chi connectivity index (χ0n) is 14.3. The van der Waals surface area contributed by atoms with E-state index < -0.39 is 22.8 Å². The quantitative estimate of drug-likeness (QED) is 0.297. The van der Waals surface area contributed by atoms with Gasteiger partial charge >= 0.3 is 0 Å². The maximum Gasteiger partial charge on any atom is 0.260 e. The van der Waals surface area contributed by atoms with Gasteiger partial charge in [-0.3, -0.25) is 0 Å². The first kappa shape index (κ1) is 21.1. The molecule has 7 heteroatoms. The van der Waals surface area contributed by atoms with Gasteiger partial charge in [-0.05, 0) is 36.5 Å². The van der Waals surface area contributed by atoms with Crippen LogP contribution in [0.2, 0.25) is 39.3 Å². The minimum Gasteiger partial charge on any atom is -0.145 e. The van der Waals surface area contributed by atoms with Crippen LogP contribution >= 0.6 is 38.0 Å². The fourth-order valence-electron chi connectivity index (χ4n) is 3.54. The highest BCUT2D eigenvalue weighted by Gasteiger charge is 2.56. The summed E-state index contributed by atoms with van der Waals surface area (Å²) in [6.45, 7) is 22.1. The lowest BCUT2D eigenvalue weighted by Gasteiger charge is -2.48. The van der Waals surface area contributed by atoms with Crippen molar-refractivity contribution in [1.29, 1.82) is 0 Å². The van der Waals surface area contributed by atoms with Gasteiger partial charge in [0.05, 0.1) is 16.1 Å². The molecule has 0 N–H and O–H groups in total. The molecule has 0 radical (unpaired) electrons. The second-order valence-corrected chi connectivity index (χ2v) is 33.6. The first-order valence-corrected chi connectivity index (χ1v) is 22.8. The molecule has 0 amide bonds. The molecule has 0 heterocycles. The molecule has 0 rings (SSSR count). The molecule has 0 aromatic rings. The van der Waals surface area contributed by atoms with Crippen LogP contribution in [0.4, 0.5) is 0 Å². The summed E-state index contributed by atoms with van der Waals surface area (Å²) < 4.78 is 0. The van der Waals surface area contributed by atoms with Gasteiger partial charge in [0, 0.05) is 0 Å². The molecule has 0 aliphatic heterocycles. The fourth-order valence-corrected chi connectivity index (χ4v) is 53.4. The van der Waals surface area contributed by atoms with Crippen LogP contribution in [0, 0.1) is 0 Å². The second-order valence-electron chi connectivity index (χ2n) is 8.14. The Morgan fingerprint density at radius 2 is 0.842 bits per heavy atom. The average Bonchev–Trinajstić information content (AvgIpc) is 1.90. The zero-order chi connectivity index (χ0) is 15.8. The first-order chi connectivity index (χ1) is 8.13. The molecule has 2 atom stereocenters. The molecule has 0 bridgehead atoms. The topological polar surface area (TPSA) is 0 Å². The van der Waals surface area contributed by atoms with E-state index in [-0.39, 0.29) is 15.8 Å². The molecule has 0 nitrogen and oxygen atoms in total. The van der Waals surface area contributed by atoms with Crippen molar-refractivity contribution < 1.29 is 0 Å². The first-order valence-electron chi connectivity index (χ1n) is 6.84. The van der Waals surface area contributed by atoms with Crippen LogP contribution in [0.3, 0.4) is 0 Å². The number of halogens is 2. The molecule has 19 heavy (non-hydrogen) atoms. The fraction of sp³-hybridized carbons (Fsp3) is 1.00. The minimum absolute atomic E-state index is 0.0522. The Balaban J connectivity index is 5.75. The van der Waals surface area contributed by atoms with Gasteiger partial charge in [0.2, 0.25) is 0 Å².